The summed E-state index contributed by atoms with van der Waals surface area (Å²) >= 11 is 4.79. The number of carbonyl (C=O) groups excluding carboxylic acids is 1. The van der Waals surface area contributed by atoms with Crippen molar-refractivity contribution in [2.24, 2.45) is 0 Å². The molecule has 0 atom stereocenters. The summed E-state index contributed by atoms with van der Waals surface area (Å²) < 4.78 is 40.5. The first-order valence-electron chi connectivity index (χ1n) is 3.83. The minimum absolute atomic E-state index is 0.0336. The van der Waals surface area contributed by atoms with Gasteiger partial charge in [0, 0.05) is 5.33 Å². The third-order valence-electron chi connectivity index (χ3n) is 1.51. The van der Waals surface area contributed by atoms with Crippen molar-refractivity contribution in [2.45, 2.75) is 11.7 Å². The van der Waals surface area contributed by atoms with Crippen LogP contribution in [0.3, 0.4) is 0 Å². The molecule has 0 aromatic carbocycles. The fourth-order valence-corrected chi connectivity index (χ4v) is 1.99. The number of aromatic nitrogens is 1. The second-order valence-electron chi connectivity index (χ2n) is 2.61. The van der Waals surface area contributed by atoms with Crippen molar-refractivity contribution in [3.63, 3.8) is 0 Å². The number of alkyl halides is 4. The molecule has 8 heteroatoms. The predicted octanol–water partition coefficient (Wildman–Crippen LogP) is 3.29. The molecule has 1 rings (SSSR count). The molecule has 0 saturated carbocycles. The van der Waals surface area contributed by atoms with E-state index in [-0.39, 0.29) is 16.6 Å². The lowest BCUT2D eigenvalue weighted by atomic mass is 10.2. The Bertz CT molecular complexity index is 411. The predicted molar refractivity (Wildman–Crippen MR) is 61.7 cm³/mol. The maximum atomic E-state index is 12.1. The number of pyridine rings is 1. The SMILES string of the molecule is O=Cc1cc(I)nc(CBr)c1OC(F)(F)F. The van der Waals surface area contributed by atoms with Gasteiger partial charge in [0.1, 0.15) is 3.70 Å². The van der Waals surface area contributed by atoms with Crippen LogP contribution in [-0.2, 0) is 5.33 Å². The van der Waals surface area contributed by atoms with Crippen LogP contribution in [0.15, 0.2) is 6.07 Å². The van der Waals surface area contributed by atoms with Crippen LogP contribution < -0.4 is 4.74 Å². The van der Waals surface area contributed by atoms with Crippen LogP contribution in [-0.4, -0.2) is 17.6 Å². The molecule has 16 heavy (non-hydrogen) atoms. The zero-order valence-corrected chi connectivity index (χ0v) is 11.3. The zero-order chi connectivity index (χ0) is 12.3. The van der Waals surface area contributed by atoms with Crippen LogP contribution in [0.1, 0.15) is 16.1 Å². The lowest BCUT2D eigenvalue weighted by molar-refractivity contribution is -0.275. The molecule has 0 spiro atoms. The number of rotatable bonds is 3. The van der Waals surface area contributed by atoms with Crippen molar-refractivity contribution in [2.75, 3.05) is 0 Å². The summed E-state index contributed by atoms with van der Waals surface area (Å²) in [5.41, 5.74) is -0.141. The molecule has 1 aromatic heterocycles. The Morgan fingerprint density at radius 2 is 2.19 bits per heavy atom. The van der Waals surface area contributed by atoms with Crippen LogP contribution in [0.5, 0.6) is 5.75 Å². The van der Waals surface area contributed by atoms with Crippen molar-refractivity contribution >= 4 is 44.8 Å². The van der Waals surface area contributed by atoms with E-state index in [1.165, 1.54) is 6.07 Å². The van der Waals surface area contributed by atoms with Gasteiger partial charge in [-0.05, 0) is 28.7 Å². The maximum absolute atomic E-state index is 12.1. The minimum atomic E-state index is -4.84. The normalized spacial score (nSPS) is 11.3. The first-order chi connectivity index (χ1) is 7.37. The summed E-state index contributed by atoms with van der Waals surface area (Å²) in [4.78, 5) is 14.5. The average molecular weight is 410 g/mol. The lowest BCUT2D eigenvalue weighted by Crippen LogP contribution is -2.19. The molecule has 0 radical (unpaired) electrons. The molecular weight excluding hydrogens is 406 g/mol. The topological polar surface area (TPSA) is 39.2 Å². The van der Waals surface area contributed by atoms with Crippen molar-refractivity contribution in [3.8, 4) is 5.75 Å². The second-order valence-corrected chi connectivity index (χ2v) is 4.28. The van der Waals surface area contributed by atoms with E-state index in [4.69, 9.17) is 0 Å². The van der Waals surface area contributed by atoms with E-state index in [0.717, 1.165) is 0 Å². The Morgan fingerprint density at radius 1 is 1.56 bits per heavy atom. The Balaban J connectivity index is 3.27. The molecule has 0 saturated heterocycles. The summed E-state index contributed by atoms with van der Waals surface area (Å²) in [5, 5.41) is 0.0656. The lowest BCUT2D eigenvalue weighted by Gasteiger charge is -2.13. The van der Waals surface area contributed by atoms with E-state index < -0.39 is 12.1 Å². The number of nitrogens with zero attached hydrogens (tertiary/aromatic N) is 1. The van der Waals surface area contributed by atoms with Gasteiger partial charge in [-0.1, -0.05) is 15.9 Å². The maximum Gasteiger partial charge on any atom is 0.573 e. The van der Waals surface area contributed by atoms with Gasteiger partial charge in [-0.3, -0.25) is 4.79 Å². The highest BCUT2D eigenvalue weighted by Gasteiger charge is 2.33. The van der Waals surface area contributed by atoms with Crippen molar-refractivity contribution < 1.29 is 22.7 Å². The molecule has 0 unspecified atom stereocenters. The highest BCUT2D eigenvalue weighted by Crippen LogP contribution is 2.30. The summed E-state index contributed by atoms with van der Waals surface area (Å²) in [5.74, 6) is -0.556. The Morgan fingerprint density at radius 3 is 2.62 bits per heavy atom. The van der Waals surface area contributed by atoms with Gasteiger partial charge >= 0.3 is 6.36 Å². The van der Waals surface area contributed by atoms with E-state index in [0.29, 0.717) is 9.99 Å². The first-order valence-corrected chi connectivity index (χ1v) is 6.03. The molecule has 3 nitrogen and oxygen atoms in total. The minimum Gasteiger partial charge on any atom is -0.403 e. The van der Waals surface area contributed by atoms with Gasteiger partial charge in [0.05, 0.1) is 11.3 Å². The van der Waals surface area contributed by atoms with Gasteiger partial charge in [-0.15, -0.1) is 13.2 Å². The van der Waals surface area contributed by atoms with Gasteiger partial charge in [-0.25, -0.2) is 4.98 Å². The quantitative estimate of drug-likeness (QED) is 0.333. The molecule has 88 valence electrons. The molecule has 0 aliphatic rings. The average Bonchev–Trinajstić information content (AvgIpc) is 2.18. The molecular formula is C8H4BrF3INO2. The van der Waals surface area contributed by atoms with E-state index in [9.17, 15) is 18.0 Å². The fraction of sp³-hybridized carbons (Fsp3) is 0.250. The van der Waals surface area contributed by atoms with Crippen LogP contribution in [0.2, 0.25) is 0 Å². The van der Waals surface area contributed by atoms with E-state index in [1.54, 1.807) is 22.6 Å². The molecule has 0 N–H and O–H groups in total. The van der Waals surface area contributed by atoms with Crippen LogP contribution >= 0.6 is 38.5 Å². The standard InChI is InChI=1S/C8H4BrF3INO2/c9-2-5-7(16-8(10,11)12)4(3-15)1-6(13)14-5/h1,3H,2H2. The van der Waals surface area contributed by atoms with Gasteiger partial charge in [0.25, 0.3) is 0 Å². The first kappa shape index (κ1) is 13.7. The third kappa shape index (κ3) is 3.58. The third-order valence-corrected chi connectivity index (χ3v) is 2.60. The van der Waals surface area contributed by atoms with Crippen molar-refractivity contribution in [3.05, 3.63) is 21.0 Å². The number of carbonyl (C=O) groups is 1. The van der Waals surface area contributed by atoms with E-state index in [1.807, 2.05) is 0 Å². The Hall–Kier alpha value is -0.380. The molecule has 0 amide bonds. The van der Waals surface area contributed by atoms with Gasteiger partial charge in [0.2, 0.25) is 0 Å². The fourth-order valence-electron chi connectivity index (χ4n) is 0.984. The molecule has 1 aromatic rings. The van der Waals surface area contributed by atoms with Crippen LogP contribution in [0.4, 0.5) is 13.2 Å². The van der Waals surface area contributed by atoms with E-state index >= 15 is 0 Å². The number of hydrogen-bond acceptors (Lipinski definition) is 3. The second kappa shape index (κ2) is 5.30. The smallest absolute Gasteiger partial charge is 0.403 e. The molecule has 0 aliphatic heterocycles. The van der Waals surface area contributed by atoms with E-state index in [2.05, 4.69) is 25.7 Å². The van der Waals surface area contributed by atoms with Gasteiger partial charge in [0.15, 0.2) is 12.0 Å². The molecule has 0 fully saturated rings. The summed E-state index contributed by atoms with van der Waals surface area (Å²) in [6.07, 6.45) is -4.54. The monoisotopic (exact) mass is 409 g/mol. The van der Waals surface area contributed by atoms with Gasteiger partial charge < -0.3 is 4.74 Å². The Labute approximate surface area is 111 Å². The Kier molecular flexibility index (Phi) is 4.53. The number of ether oxygens (including phenoxy) is 1. The van der Waals surface area contributed by atoms with Crippen molar-refractivity contribution in [1.82, 2.24) is 4.98 Å². The molecule has 0 bridgehead atoms. The van der Waals surface area contributed by atoms with Crippen LogP contribution in [0.25, 0.3) is 0 Å². The van der Waals surface area contributed by atoms with Gasteiger partial charge in [-0.2, -0.15) is 0 Å². The molecule has 1 heterocycles. The molecule has 0 aliphatic carbocycles. The largest absolute Gasteiger partial charge is 0.573 e. The van der Waals surface area contributed by atoms with Crippen LogP contribution in [0, 0.1) is 3.70 Å². The highest BCUT2D eigenvalue weighted by molar-refractivity contribution is 14.1. The number of hydrogen-bond donors (Lipinski definition) is 0. The van der Waals surface area contributed by atoms with Crippen molar-refractivity contribution in [1.29, 1.82) is 0 Å². The highest BCUT2D eigenvalue weighted by atomic mass is 127. The summed E-state index contributed by atoms with van der Waals surface area (Å²) in [7, 11) is 0. The zero-order valence-electron chi connectivity index (χ0n) is 7.52. The summed E-state index contributed by atoms with van der Waals surface area (Å²) in [6, 6.07) is 1.22. The summed E-state index contributed by atoms with van der Waals surface area (Å²) in [6.45, 7) is 0. The number of halogens is 5. The number of aldehydes is 1.